The first kappa shape index (κ1) is 17.3. The predicted molar refractivity (Wildman–Crippen MR) is 100.0 cm³/mol. The zero-order valence-corrected chi connectivity index (χ0v) is 16.1. The number of aryl methyl sites for hydroxylation is 1. The van der Waals surface area contributed by atoms with Crippen molar-refractivity contribution in [1.29, 1.82) is 0 Å². The predicted octanol–water partition coefficient (Wildman–Crippen LogP) is 3.63. The molecule has 0 amide bonds. The van der Waals surface area contributed by atoms with Crippen molar-refractivity contribution < 1.29 is 4.21 Å². The highest BCUT2D eigenvalue weighted by Crippen LogP contribution is 2.30. The normalized spacial score (nSPS) is 12.5. The summed E-state index contributed by atoms with van der Waals surface area (Å²) in [6.45, 7) is 2.29. The van der Waals surface area contributed by atoms with Crippen LogP contribution in [0.15, 0.2) is 44.9 Å². The van der Waals surface area contributed by atoms with Gasteiger partial charge in [-0.15, -0.1) is 0 Å². The van der Waals surface area contributed by atoms with E-state index in [1.807, 2.05) is 13.0 Å². The molecule has 3 rings (SSSR count). The third-order valence-corrected chi connectivity index (χ3v) is 5.12. The second-order valence-corrected chi connectivity index (χ2v) is 7.71. The van der Waals surface area contributed by atoms with Gasteiger partial charge >= 0.3 is 0 Å². The van der Waals surface area contributed by atoms with E-state index in [-0.39, 0.29) is 10.7 Å². The molecule has 0 fully saturated rings. The Morgan fingerprint density at radius 3 is 2.67 bits per heavy atom. The molecule has 24 heavy (non-hydrogen) atoms. The lowest BCUT2D eigenvalue weighted by Crippen LogP contribution is -2.22. The molecule has 0 N–H and O–H groups in total. The van der Waals surface area contributed by atoms with Crippen LogP contribution in [-0.4, -0.2) is 25.0 Å². The van der Waals surface area contributed by atoms with Gasteiger partial charge in [0.2, 0.25) is 5.16 Å². The Hall–Kier alpha value is -1.57. The summed E-state index contributed by atoms with van der Waals surface area (Å²) in [4.78, 5) is 21.3. The van der Waals surface area contributed by atoms with E-state index in [0.29, 0.717) is 33.7 Å². The van der Waals surface area contributed by atoms with Crippen LogP contribution in [0.4, 0.5) is 0 Å². The molecule has 0 aliphatic rings. The molecule has 2 heterocycles. The molecule has 1 aromatic carbocycles. The first-order valence-electron chi connectivity index (χ1n) is 7.11. The first-order chi connectivity index (χ1) is 11.4. The number of benzene rings is 1. The summed E-state index contributed by atoms with van der Waals surface area (Å²) in [5.74, 6) is 0. The maximum absolute atomic E-state index is 12.9. The Morgan fingerprint density at radius 1 is 1.29 bits per heavy atom. The summed E-state index contributed by atoms with van der Waals surface area (Å²) >= 11 is 9.66. The summed E-state index contributed by atoms with van der Waals surface area (Å²) in [5, 5.41) is 1.38. The number of pyridine rings is 1. The molecule has 2 aromatic heterocycles. The van der Waals surface area contributed by atoms with Gasteiger partial charge in [-0.3, -0.25) is 13.6 Å². The number of halogens is 2. The largest absolute Gasteiger partial charge is 0.292 e. The summed E-state index contributed by atoms with van der Waals surface area (Å²) in [6.07, 6.45) is 3.09. The fourth-order valence-electron chi connectivity index (χ4n) is 2.48. The Balaban J connectivity index is 2.35. The lowest BCUT2D eigenvalue weighted by molar-refractivity contribution is 0.678. The van der Waals surface area contributed by atoms with Crippen molar-refractivity contribution >= 4 is 49.4 Å². The highest BCUT2D eigenvalue weighted by atomic mass is 79.9. The van der Waals surface area contributed by atoms with Gasteiger partial charge in [0.15, 0.2) is 0 Å². The van der Waals surface area contributed by atoms with Crippen molar-refractivity contribution in [1.82, 2.24) is 14.5 Å². The van der Waals surface area contributed by atoms with Gasteiger partial charge in [0.05, 0.1) is 10.8 Å². The SMILES string of the molecule is CCn1c(=O)c(-c2ccc(Br)cc2Cl)cc2cnc(S(C)=O)nc21. The maximum Gasteiger partial charge on any atom is 0.260 e. The van der Waals surface area contributed by atoms with Crippen molar-refractivity contribution in [2.75, 3.05) is 6.26 Å². The summed E-state index contributed by atoms with van der Waals surface area (Å²) in [7, 11) is -1.31. The van der Waals surface area contributed by atoms with E-state index in [2.05, 4.69) is 25.9 Å². The molecule has 0 radical (unpaired) electrons. The number of hydrogen-bond acceptors (Lipinski definition) is 4. The summed E-state index contributed by atoms with van der Waals surface area (Å²) in [6, 6.07) is 7.10. The van der Waals surface area contributed by atoms with Crippen LogP contribution in [0, 0.1) is 0 Å². The fourth-order valence-corrected chi connectivity index (χ4v) is 3.67. The average Bonchev–Trinajstić information content (AvgIpc) is 2.54. The van der Waals surface area contributed by atoms with Crippen LogP contribution in [0.3, 0.4) is 0 Å². The van der Waals surface area contributed by atoms with Crippen LogP contribution < -0.4 is 5.56 Å². The monoisotopic (exact) mass is 425 g/mol. The van der Waals surface area contributed by atoms with E-state index < -0.39 is 10.8 Å². The smallest absolute Gasteiger partial charge is 0.260 e. The Labute approximate surface area is 154 Å². The van der Waals surface area contributed by atoms with E-state index in [1.54, 1.807) is 29.0 Å². The first-order valence-corrected chi connectivity index (χ1v) is 9.84. The quantitative estimate of drug-likeness (QED) is 0.600. The Kier molecular flexibility index (Phi) is 4.85. The molecule has 1 unspecified atom stereocenters. The summed E-state index contributed by atoms with van der Waals surface area (Å²) in [5.41, 5.74) is 1.41. The average molecular weight is 427 g/mol. The van der Waals surface area contributed by atoms with Crippen LogP contribution in [0.1, 0.15) is 6.92 Å². The molecule has 0 bridgehead atoms. The van der Waals surface area contributed by atoms with Gasteiger partial charge in [0.25, 0.3) is 5.56 Å². The minimum Gasteiger partial charge on any atom is -0.292 e. The number of hydrogen-bond donors (Lipinski definition) is 0. The zero-order valence-electron chi connectivity index (χ0n) is 12.9. The van der Waals surface area contributed by atoms with Crippen LogP contribution in [-0.2, 0) is 17.3 Å². The topological polar surface area (TPSA) is 64.8 Å². The van der Waals surface area contributed by atoms with Crippen LogP contribution in [0.2, 0.25) is 5.02 Å². The van der Waals surface area contributed by atoms with Gasteiger partial charge in [0, 0.05) is 45.0 Å². The van der Waals surface area contributed by atoms with Crippen molar-refractivity contribution in [2.45, 2.75) is 18.6 Å². The molecule has 8 heteroatoms. The molecule has 1 atom stereocenters. The molecular weight excluding hydrogens is 414 g/mol. The van der Waals surface area contributed by atoms with Gasteiger partial charge in [-0.1, -0.05) is 33.6 Å². The van der Waals surface area contributed by atoms with Gasteiger partial charge < -0.3 is 0 Å². The lowest BCUT2D eigenvalue weighted by Gasteiger charge is -2.12. The van der Waals surface area contributed by atoms with E-state index >= 15 is 0 Å². The van der Waals surface area contributed by atoms with Gasteiger partial charge in [-0.25, -0.2) is 9.97 Å². The lowest BCUT2D eigenvalue weighted by atomic mass is 10.1. The van der Waals surface area contributed by atoms with E-state index in [0.717, 1.165) is 4.47 Å². The number of rotatable bonds is 3. The molecule has 0 spiro atoms. The van der Waals surface area contributed by atoms with Gasteiger partial charge in [0.1, 0.15) is 5.65 Å². The van der Waals surface area contributed by atoms with E-state index in [4.69, 9.17) is 11.6 Å². The maximum atomic E-state index is 12.9. The standard InChI is InChI=1S/C16H13BrClN3O2S/c1-3-21-14-9(8-19-16(20-14)24(2)23)6-12(15(21)22)11-5-4-10(17)7-13(11)18/h4-8H,3H2,1-2H3. The van der Waals surface area contributed by atoms with Gasteiger partial charge in [-0.2, -0.15) is 0 Å². The Bertz CT molecular complexity index is 1040. The zero-order chi connectivity index (χ0) is 17.4. The number of nitrogens with zero attached hydrogens (tertiary/aromatic N) is 3. The van der Waals surface area contributed by atoms with Crippen molar-refractivity contribution in [3.8, 4) is 11.1 Å². The second-order valence-electron chi connectivity index (χ2n) is 5.12. The molecule has 0 saturated carbocycles. The molecule has 0 aliphatic heterocycles. The van der Waals surface area contributed by atoms with Crippen LogP contribution in [0.5, 0.6) is 0 Å². The third kappa shape index (κ3) is 3.03. The highest BCUT2D eigenvalue weighted by molar-refractivity contribution is 9.10. The molecule has 0 aliphatic carbocycles. The van der Waals surface area contributed by atoms with Crippen molar-refractivity contribution in [3.63, 3.8) is 0 Å². The fraction of sp³-hybridized carbons (Fsp3) is 0.188. The molecule has 5 nitrogen and oxygen atoms in total. The van der Waals surface area contributed by atoms with Gasteiger partial charge in [-0.05, 0) is 25.1 Å². The Morgan fingerprint density at radius 2 is 2.04 bits per heavy atom. The van der Waals surface area contributed by atoms with E-state index in [9.17, 15) is 9.00 Å². The summed E-state index contributed by atoms with van der Waals surface area (Å²) < 4.78 is 14.0. The third-order valence-electron chi connectivity index (χ3n) is 3.60. The highest BCUT2D eigenvalue weighted by Gasteiger charge is 2.15. The van der Waals surface area contributed by atoms with E-state index in [1.165, 1.54) is 6.26 Å². The van der Waals surface area contributed by atoms with Crippen molar-refractivity contribution in [3.05, 3.63) is 50.3 Å². The minimum atomic E-state index is -1.31. The van der Waals surface area contributed by atoms with Crippen LogP contribution >= 0.6 is 27.5 Å². The number of aromatic nitrogens is 3. The minimum absolute atomic E-state index is 0.194. The molecule has 124 valence electrons. The van der Waals surface area contributed by atoms with Crippen LogP contribution in [0.25, 0.3) is 22.2 Å². The molecule has 0 saturated heterocycles. The molecular formula is C16H13BrClN3O2S. The number of fused-ring (bicyclic) bond motifs is 1. The van der Waals surface area contributed by atoms with Crippen molar-refractivity contribution in [2.24, 2.45) is 0 Å². The molecule has 3 aromatic rings. The second kappa shape index (κ2) is 6.74.